The van der Waals surface area contributed by atoms with Crippen LogP contribution in [0.4, 0.5) is 5.82 Å². The number of aliphatic hydroxyl groups is 1. The van der Waals surface area contributed by atoms with Crippen molar-refractivity contribution in [1.29, 1.82) is 0 Å². The second-order valence-corrected chi connectivity index (χ2v) is 4.91. The number of H-pyrrole nitrogens is 1. The van der Waals surface area contributed by atoms with Gasteiger partial charge in [0.2, 0.25) is 0 Å². The number of hydrogen-bond acceptors (Lipinski definition) is 5. The van der Waals surface area contributed by atoms with Gasteiger partial charge in [0.1, 0.15) is 11.0 Å². The van der Waals surface area contributed by atoms with Crippen molar-refractivity contribution in [3.63, 3.8) is 0 Å². The third kappa shape index (κ3) is 2.96. The molecule has 0 atom stereocenters. The van der Waals surface area contributed by atoms with Gasteiger partial charge in [-0.25, -0.2) is 4.79 Å². The van der Waals surface area contributed by atoms with E-state index in [0.29, 0.717) is 37.7 Å². The van der Waals surface area contributed by atoms with Crippen molar-refractivity contribution in [2.75, 3.05) is 18.4 Å². The van der Waals surface area contributed by atoms with Crippen LogP contribution in [-0.2, 0) is 0 Å². The smallest absolute Gasteiger partial charge is 0.347 e. The highest BCUT2D eigenvalue weighted by Gasteiger charge is 2.41. The van der Waals surface area contributed by atoms with Gasteiger partial charge in [0, 0.05) is 12.6 Å². The Morgan fingerprint density at radius 2 is 2.41 bits per heavy atom. The molecule has 1 heterocycles. The molecule has 0 bridgehead atoms. The predicted molar refractivity (Wildman–Crippen MR) is 65.1 cm³/mol. The first-order chi connectivity index (χ1) is 8.00. The number of halogens is 1. The lowest BCUT2D eigenvalue weighted by molar-refractivity contribution is -0.0584. The van der Waals surface area contributed by atoms with Crippen LogP contribution in [0.25, 0.3) is 0 Å². The molecule has 7 heteroatoms. The van der Waals surface area contributed by atoms with Gasteiger partial charge in [0.25, 0.3) is 0 Å². The fourth-order valence-corrected chi connectivity index (χ4v) is 2.28. The quantitative estimate of drug-likeness (QED) is 0.566. The largest absolute Gasteiger partial charge is 0.388 e. The van der Waals surface area contributed by atoms with Gasteiger partial charge in [-0.05, 0) is 25.3 Å². The highest BCUT2D eigenvalue weighted by atomic mass is 35.5. The average molecular weight is 259 g/mol. The summed E-state index contributed by atoms with van der Waals surface area (Å²) in [6, 6.07) is 1.51. The monoisotopic (exact) mass is 258 g/mol. The van der Waals surface area contributed by atoms with Crippen LogP contribution in [0, 0.1) is 5.92 Å². The molecule has 1 saturated carbocycles. The van der Waals surface area contributed by atoms with Gasteiger partial charge >= 0.3 is 5.69 Å². The van der Waals surface area contributed by atoms with E-state index in [9.17, 15) is 9.90 Å². The summed E-state index contributed by atoms with van der Waals surface area (Å²) in [4.78, 5) is 17.1. The molecule has 1 aliphatic rings. The van der Waals surface area contributed by atoms with Crippen LogP contribution in [-0.4, -0.2) is 33.8 Å². The highest BCUT2D eigenvalue weighted by molar-refractivity contribution is 6.29. The minimum absolute atomic E-state index is 0.216. The Labute approximate surface area is 103 Å². The van der Waals surface area contributed by atoms with Gasteiger partial charge in [0.05, 0.1) is 5.60 Å². The summed E-state index contributed by atoms with van der Waals surface area (Å²) in [6.45, 7) is 0.938. The fourth-order valence-electron chi connectivity index (χ4n) is 2.10. The molecule has 5 N–H and O–H groups in total. The number of anilines is 1. The van der Waals surface area contributed by atoms with E-state index in [1.165, 1.54) is 6.07 Å². The number of aromatic amines is 1. The predicted octanol–water partition coefficient (Wildman–Crippen LogP) is -0.0650. The van der Waals surface area contributed by atoms with E-state index in [2.05, 4.69) is 15.3 Å². The summed E-state index contributed by atoms with van der Waals surface area (Å²) in [5, 5.41) is 13.2. The standard InChI is InChI=1S/C10H15ClN4O2/c11-7-1-8(15-9(16)14-7)13-5-10(17)2-6(3-10)4-12/h1,6,17H,2-5,12H2,(H2,13,14,15,16). The third-order valence-electron chi connectivity index (χ3n) is 2.98. The first-order valence-electron chi connectivity index (χ1n) is 5.44. The van der Waals surface area contributed by atoms with Crippen LogP contribution in [0.1, 0.15) is 12.8 Å². The molecule has 1 fully saturated rings. The molecule has 0 aliphatic heterocycles. The van der Waals surface area contributed by atoms with Crippen LogP contribution in [0.2, 0.25) is 5.15 Å². The lowest BCUT2D eigenvalue weighted by Crippen LogP contribution is -2.51. The Kier molecular flexibility index (Phi) is 3.37. The van der Waals surface area contributed by atoms with Gasteiger partial charge < -0.3 is 16.2 Å². The van der Waals surface area contributed by atoms with E-state index in [0.717, 1.165) is 0 Å². The molecule has 0 aromatic carbocycles. The summed E-state index contributed by atoms with van der Waals surface area (Å²) in [5.41, 5.74) is 4.23. The van der Waals surface area contributed by atoms with E-state index < -0.39 is 11.3 Å². The van der Waals surface area contributed by atoms with Crippen LogP contribution in [0.15, 0.2) is 10.9 Å². The van der Waals surface area contributed by atoms with E-state index >= 15 is 0 Å². The minimum Gasteiger partial charge on any atom is -0.388 e. The van der Waals surface area contributed by atoms with E-state index in [1.54, 1.807) is 0 Å². The zero-order valence-electron chi connectivity index (χ0n) is 9.24. The van der Waals surface area contributed by atoms with E-state index in [1.807, 2.05) is 0 Å². The van der Waals surface area contributed by atoms with Gasteiger partial charge in [-0.3, -0.25) is 4.98 Å². The first-order valence-corrected chi connectivity index (χ1v) is 5.82. The summed E-state index contributed by atoms with van der Waals surface area (Å²) < 4.78 is 0. The Morgan fingerprint density at radius 3 is 3.00 bits per heavy atom. The van der Waals surface area contributed by atoms with Crippen molar-refractivity contribution in [3.05, 3.63) is 21.7 Å². The molecule has 0 saturated heterocycles. The molecule has 0 unspecified atom stereocenters. The third-order valence-corrected chi connectivity index (χ3v) is 3.18. The highest BCUT2D eigenvalue weighted by Crippen LogP contribution is 2.36. The van der Waals surface area contributed by atoms with E-state index in [-0.39, 0.29) is 5.15 Å². The number of aromatic nitrogens is 2. The molecule has 1 aliphatic carbocycles. The fraction of sp³-hybridized carbons (Fsp3) is 0.600. The van der Waals surface area contributed by atoms with Crippen LogP contribution < -0.4 is 16.7 Å². The Morgan fingerprint density at radius 1 is 1.71 bits per heavy atom. The molecule has 1 aromatic rings. The van der Waals surface area contributed by atoms with Gasteiger partial charge in [-0.2, -0.15) is 4.98 Å². The van der Waals surface area contributed by atoms with Crippen molar-refractivity contribution >= 4 is 17.4 Å². The average Bonchev–Trinajstić information content (AvgIpc) is 2.21. The molecule has 1 aromatic heterocycles. The molecular formula is C10H15ClN4O2. The molecule has 0 radical (unpaired) electrons. The number of nitrogens with one attached hydrogen (secondary N) is 2. The second kappa shape index (κ2) is 4.64. The van der Waals surface area contributed by atoms with E-state index in [4.69, 9.17) is 17.3 Å². The summed E-state index contributed by atoms with van der Waals surface area (Å²) in [7, 11) is 0. The zero-order chi connectivity index (χ0) is 12.5. The van der Waals surface area contributed by atoms with Gasteiger partial charge in [-0.15, -0.1) is 0 Å². The first kappa shape index (κ1) is 12.3. The number of hydrogen-bond donors (Lipinski definition) is 4. The zero-order valence-corrected chi connectivity index (χ0v) is 10.00. The second-order valence-electron chi connectivity index (χ2n) is 4.51. The lowest BCUT2D eigenvalue weighted by atomic mass is 9.71. The molecular weight excluding hydrogens is 244 g/mol. The van der Waals surface area contributed by atoms with Crippen LogP contribution >= 0.6 is 11.6 Å². The van der Waals surface area contributed by atoms with Crippen molar-refractivity contribution in [2.45, 2.75) is 18.4 Å². The summed E-state index contributed by atoms with van der Waals surface area (Å²) >= 11 is 5.68. The number of nitrogens with zero attached hydrogens (tertiary/aromatic N) is 1. The topological polar surface area (TPSA) is 104 Å². The van der Waals surface area contributed by atoms with Crippen molar-refractivity contribution in [2.24, 2.45) is 11.7 Å². The maximum atomic E-state index is 11.0. The number of rotatable bonds is 4. The van der Waals surface area contributed by atoms with Crippen molar-refractivity contribution in [1.82, 2.24) is 9.97 Å². The summed E-state index contributed by atoms with van der Waals surface area (Å²) in [6.07, 6.45) is 1.35. The Balaban J connectivity index is 1.92. The lowest BCUT2D eigenvalue weighted by Gasteiger charge is -2.43. The molecule has 2 rings (SSSR count). The minimum atomic E-state index is -0.749. The maximum absolute atomic E-state index is 11.0. The molecule has 6 nitrogen and oxygen atoms in total. The molecule has 0 amide bonds. The Bertz CT molecular complexity index is 456. The number of nitrogens with two attached hydrogens (primary N) is 1. The SMILES string of the molecule is NCC1CC(O)(CNc2cc(Cl)[nH]c(=O)n2)C1. The molecule has 17 heavy (non-hydrogen) atoms. The van der Waals surface area contributed by atoms with Crippen LogP contribution in [0.3, 0.4) is 0 Å². The molecule has 0 spiro atoms. The van der Waals surface area contributed by atoms with Crippen LogP contribution in [0.5, 0.6) is 0 Å². The Hall–Kier alpha value is -1.11. The molecule has 94 valence electrons. The van der Waals surface area contributed by atoms with Crippen molar-refractivity contribution < 1.29 is 5.11 Å². The van der Waals surface area contributed by atoms with Crippen molar-refractivity contribution in [3.8, 4) is 0 Å². The van der Waals surface area contributed by atoms with Gasteiger partial charge in [0.15, 0.2) is 0 Å². The maximum Gasteiger partial charge on any atom is 0.347 e. The summed E-state index contributed by atoms with van der Waals surface area (Å²) in [5.74, 6) is 0.751. The normalized spacial score (nSPS) is 27.6. The van der Waals surface area contributed by atoms with Gasteiger partial charge in [-0.1, -0.05) is 11.6 Å².